The standard InChI is InChI=1S/C49H31N3/c1-3-13-41(14-4-1)51-45-17-9-12-35-23-24-38-29-40(31-46(51)48(38)47(35)45)34-20-18-33(19-21-34)37-26-27-44-43(30-37)50-49(52(44)42-15-5-2-6-16-42)39-25-22-32-10-7-8-11-36(32)28-39/h1-31H. The summed E-state index contributed by atoms with van der Waals surface area (Å²) in [4.78, 5) is 5.28. The number of aromatic nitrogens is 3. The van der Waals surface area contributed by atoms with E-state index in [9.17, 15) is 0 Å². The van der Waals surface area contributed by atoms with E-state index < -0.39 is 0 Å². The normalized spacial score (nSPS) is 11.8. The van der Waals surface area contributed by atoms with Gasteiger partial charge in [0.2, 0.25) is 0 Å². The number of benzene rings is 9. The number of hydrogen-bond donors (Lipinski definition) is 0. The molecular weight excluding hydrogens is 631 g/mol. The monoisotopic (exact) mass is 661 g/mol. The maximum Gasteiger partial charge on any atom is 0.145 e. The van der Waals surface area contributed by atoms with E-state index in [1.54, 1.807) is 0 Å². The summed E-state index contributed by atoms with van der Waals surface area (Å²) in [5.74, 6) is 0.938. The summed E-state index contributed by atoms with van der Waals surface area (Å²) >= 11 is 0. The van der Waals surface area contributed by atoms with Crippen LogP contribution >= 0.6 is 0 Å². The molecule has 0 aliphatic heterocycles. The van der Waals surface area contributed by atoms with Crippen molar-refractivity contribution in [1.82, 2.24) is 14.1 Å². The molecule has 11 rings (SSSR count). The van der Waals surface area contributed by atoms with Crippen LogP contribution in [0, 0.1) is 0 Å². The lowest BCUT2D eigenvalue weighted by Crippen LogP contribution is -1.97. The molecule has 0 radical (unpaired) electrons. The molecule has 3 heteroatoms. The van der Waals surface area contributed by atoms with Crippen molar-refractivity contribution < 1.29 is 0 Å². The highest BCUT2D eigenvalue weighted by Crippen LogP contribution is 2.41. The first-order valence-electron chi connectivity index (χ1n) is 17.8. The van der Waals surface area contributed by atoms with Crippen LogP contribution in [0.2, 0.25) is 0 Å². The van der Waals surface area contributed by atoms with E-state index in [0.717, 1.165) is 39.2 Å². The maximum atomic E-state index is 5.28. The summed E-state index contributed by atoms with van der Waals surface area (Å²) in [6, 6.07) is 67.9. The van der Waals surface area contributed by atoms with Gasteiger partial charge < -0.3 is 4.57 Å². The average molecular weight is 662 g/mol. The lowest BCUT2D eigenvalue weighted by Gasteiger charge is -2.11. The molecule has 11 aromatic rings. The third-order valence-corrected chi connectivity index (χ3v) is 10.6. The zero-order valence-electron chi connectivity index (χ0n) is 28.2. The van der Waals surface area contributed by atoms with Crippen molar-refractivity contribution in [3.8, 4) is 45.0 Å². The van der Waals surface area contributed by atoms with Gasteiger partial charge in [-0.2, -0.15) is 0 Å². The van der Waals surface area contributed by atoms with Gasteiger partial charge in [0.1, 0.15) is 5.82 Å². The first-order chi connectivity index (χ1) is 25.8. The number of nitrogens with zero attached hydrogens (tertiary/aromatic N) is 3. The molecular formula is C49H31N3. The van der Waals surface area contributed by atoms with Gasteiger partial charge in [0.05, 0.1) is 22.1 Å². The van der Waals surface area contributed by atoms with Crippen molar-refractivity contribution in [2.45, 2.75) is 0 Å². The van der Waals surface area contributed by atoms with Crippen molar-refractivity contribution in [2.24, 2.45) is 0 Å². The lowest BCUT2D eigenvalue weighted by atomic mass is 9.96. The minimum atomic E-state index is 0.938. The van der Waals surface area contributed by atoms with E-state index in [2.05, 4.69) is 197 Å². The second-order valence-corrected chi connectivity index (χ2v) is 13.7. The van der Waals surface area contributed by atoms with Crippen LogP contribution in [0.3, 0.4) is 0 Å². The SMILES string of the molecule is c1ccc(-n2c(-c3ccc4ccccc4c3)nc3cc(-c4ccc(-c5cc6ccc7cccc8c7c6c(c5)n8-c5ccccc5)cc4)ccc32)cc1. The third-order valence-electron chi connectivity index (χ3n) is 10.6. The van der Waals surface area contributed by atoms with Crippen LogP contribution in [-0.2, 0) is 0 Å². The van der Waals surface area contributed by atoms with E-state index in [4.69, 9.17) is 4.98 Å². The van der Waals surface area contributed by atoms with Crippen molar-refractivity contribution in [3.63, 3.8) is 0 Å². The fraction of sp³-hybridized carbons (Fsp3) is 0. The van der Waals surface area contributed by atoms with Crippen LogP contribution < -0.4 is 0 Å². The molecule has 0 aliphatic rings. The van der Waals surface area contributed by atoms with Gasteiger partial charge in [-0.05, 0) is 104 Å². The summed E-state index contributed by atoms with van der Waals surface area (Å²) in [5, 5.41) is 7.62. The van der Waals surface area contributed by atoms with E-state index in [1.807, 2.05) is 0 Å². The fourth-order valence-corrected chi connectivity index (χ4v) is 8.19. The van der Waals surface area contributed by atoms with Gasteiger partial charge in [-0.25, -0.2) is 4.98 Å². The topological polar surface area (TPSA) is 22.8 Å². The van der Waals surface area contributed by atoms with Crippen molar-refractivity contribution in [3.05, 3.63) is 188 Å². The fourth-order valence-electron chi connectivity index (χ4n) is 8.19. The third kappa shape index (κ3) is 4.43. The molecule has 242 valence electrons. The maximum absolute atomic E-state index is 5.28. The van der Waals surface area contributed by atoms with Gasteiger partial charge in [-0.1, -0.05) is 127 Å². The molecule has 0 atom stereocenters. The molecule has 0 N–H and O–H groups in total. The van der Waals surface area contributed by atoms with Crippen LogP contribution in [0.5, 0.6) is 0 Å². The molecule has 52 heavy (non-hydrogen) atoms. The van der Waals surface area contributed by atoms with Crippen LogP contribution in [0.25, 0.3) is 99.4 Å². The number of fused-ring (bicyclic) bond motifs is 2. The smallest absolute Gasteiger partial charge is 0.145 e. The minimum Gasteiger partial charge on any atom is -0.309 e. The van der Waals surface area contributed by atoms with Gasteiger partial charge in [-0.15, -0.1) is 0 Å². The molecule has 0 saturated carbocycles. The quantitative estimate of drug-likeness (QED) is 0.168. The van der Waals surface area contributed by atoms with E-state index in [1.165, 1.54) is 60.2 Å². The van der Waals surface area contributed by atoms with Crippen molar-refractivity contribution in [2.75, 3.05) is 0 Å². The lowest BCUT2D eigenvalue weighted by molar-refractivity contribution is 1.10. The van der Waals surface area contributed by atoms with Crippen LogP contribution in [0.15, 0.2) is 188 Å². The summed E-state index contributed by atoms with van der Waals surface area (Å²) in [6.07, 6.45) is 0. The van der Waals surface area contributed by atoms with Gasteiger partial charge >= 0.3 is 0 Å². The number of para-hydroxylation sites is 2. The molecule has 9 aromatic carbocycles. The molecule has 0 fully saturated rings. The molecule has 0 bridgehead atoms. The molecule has 2 aromatic heterocycles. The Morgan fingerprint density at radius 3 is 1.67 bits per heavy atom. The van der Waals surface area contributed by atoms with Gasteiger partial charge in [0.15, 0.2) is 0 Å². The summed E-state index contributed by atoms with van der Waals surface area (Å²) < 4.78 is 4.69. The molecule has 0 spiro atoms. The molecule has 2 heterocycles. The Kier molecular flexibility index (Phi) is 6.25. The predicted molar refractivity (Wildman–Crippen MR) is 218 cm³/mol. The summed E-state index contributed by atoms with van der Waals surface area (Å²) in [6.45, 7) is 0. The Hall–Kier alpha value is -6.97. The molecule has 3 nitrogen and oxygen atoms in total. The highest BCUT2D eigenvalue weighted by atomic mass is 15.1. The predicted octanol–water partition coefficient (Wildman–Crippen LogP) is 12.9. The Labute approximate surface area is 300 Å². The minimum absolute atomic E-state index is 0.938. The van der Waals surface area contributed by atoms with Crippen LogP contribution in [0.1, 0.15) is 0 Å². The van der Waals surface area contributed by atoms with E-state index >= 15 is 0 Å². The van der Waals surface area contributed by atoms with Gasteiger partial charge in [0, 0.05) is 27.7 Å². The van der Waals surface area contributed by atoms with Gasteiger partial charge in [0.25, 0.3) is 0 Å². The first kappa shape index (κ1) is 28.8. The summed E-state index contributed by atoms with van der Waals surface area (Å²) in [7, 11) is 0. The highest BCUT2D eigenvalue weighted by Gasteiger charge is 2.19. The number of rotatable bonds is 5. The Morgan fingerprint density at radius 1 is 0.308 bits per heavy atom. The number of imidazole rings is 1. The molecule has 0 unspecified atom stereocenters. The highest BCUT2D eigenvalue weighted by molar-refractivity contribution is 6.25. The van der Waals surface area contributed by atoms with Crippen LogP contribution in [0.4, 0.5) is 0 Å². The van der Waals surface area contributed by atoms with Gasteiger partial charge in [-0.3, -0.25) is 4.57 Å². The zero-order valence-corrected chi connectivity index (χ0v) is 28.2. The number of hydrogen-bond acceptors (Lipinski definition) is 1. The van der Waals surface area contributed by atoms with Crippen molar-refractivity contribution >= 4 is 54.4 Å². The first-order valence-corrected chi connectivity index (χ1v) is 17.8. The van der Waals surface area contributed by atoms with E-state index in [-0.39, 0.29) is 0 Å². The molecule has 0 amide bonds. The largest absolute Gasteiger partial charge is 0.309 e. The second-order valence-electron chi connectivity index (χ2n) is 13.7. The Morgan fingerprint density at radius 2 is 0.885 bits per heavy atom. The second kappa shape index (κ2) is 11.3. The Balaban J connectivity index is 1.02. The molecule has 0 saturated heterocycles. The zero-order chi connectivity index (χ0) is 34.2. The van der Waals surface area contributed by atoms with Crippen LogP contribution in [-0.4, -0.2) is 14.1 Å². The summed E-state index contributed by atoms with van der Waals surface area (Å²) in [5.41, 5.74) is 12.6. The molecule has 0 aliphatic carbocycles. The van der Waals surface area contributed by atoms with E-state index in [0.29, 0.717) is 0 Å². The average Bonchev–Trinajstić information content (AvgIpc) is 3.77. The Bertz CT molecular complexity index is 3100. The van der Waals surface area contributed by atoms with Crippen molar-refractivity contribution in [1.29, 1.82) is 0 Å².